The predicted molar refractivity (Wildman–Crippen MR) is 16.4 cm³/mol. The van der Waals surface area contributed by atoms with Crippen molar-refractivity contribution in [3.63, 3.8) is 0 Å². The molecule has 0 amide bonds. The summed E-state index contributed by atoms with van der Waals surface area (Å²) in [7, 11) is 0. The molecule has 0 unspecified atom stereocenters. The Labute approximate surface area is 48.8 Å². The van der Waals surface area contributed by atoms with Gasteiger partial charge in [0, 0.05) is 0 Å². The van der Waals surface area contributed by atoms with E-state index in [9.17, 15) is 0 Å². The Bertz CT molecular complexity index is 29.9. The first-order valence-electron chi connectivity index (χ1n) is 0.651. The van der Waals surface area contributed by atoms with Gasteiger partial charge in [-0.2, -0.15) is 0 Å². The van der Waals surface area contributed by atoms with Gasteiger partial charge in [0.25, 0.3) is 0 Å². The summed E-state index contributed by atoms with van der Waals surface area (Å²) in [6.45, 7) is 0. The number of rotatable bonds is 0. The molecule has 0 heterocycles. The van der Waals surface area contributed by atoms with Gasteiger partial charge in [0.15, 0.2) is 0 Å². The summed E-state index contributed by atoms with van der Waals surface area (Å²) >= 11 is 0. The molecule has 2 N–H and O–H groups in total. The SMILES string of the molecule is O=C(O)O.[Pb+2]. The summed E-state index contributed by atoms with van der Waals surface area (Å²) in [5, 5.41) is 13.9. The smallest absolute Gasteiger partial charge is 0.450 e. The van der Waals surface area contributed by atoms with E-state index in [2.05, 4.69) is 0 Å². The van der Waals surface area contributed by atoms with Crippen LogP contribution in [0.15, 0.2) is 0 Å². The zero-order chi connectivity index (χ0) is 3.58. The summed E-state index contributed by atoms with van der Waals surface area (Å²) in [5.74, 6) is 0. The third kappa shape index (κ3) is 546. The quantitative estimate of drug-likeness (QED) is 0.601. The van der Waals surface area contributed by atoms with Crippen LogP contribution in [-0.4, -0.2) is 43.7 Å². The van der Waals surface area contributed by atoms with Gasteiger partial charge in [-0.15, -0.1) is 0 Å². The van der Waals surface area contributed by atoms with E-state index in [-0.39, 0.29) is 27.3 Å². The minimum absolute atomic E-state index is 0. The molecule has 0 saturated carbocycles. The zero-order valence-electron chi connectivity index (χ0n) is 2.30. The first kappa shape index (κ1) is 8.95. The minimum Gasteiger partial charge on any atom is -0.450 e. The molecule has 0 spiro atoms. The second-order valence-electron chi connectivity index (χ2n) is 0.283. The summed E-state index contributed by atoms with van der Waals surface area (Å²) in [6, 6.07) is 0. The Morgan fingerprint density at radius 2 is 1.40 bits per heavy atom. The molecule has 2 radical (unpaired) electrons. The van der Waals surface area contributed by atoms with Crippen LogP contribution >= 0.6 is 0 Å². The van der Waals surface area contributed by atoms with Crippen molar-refractivity contribution in [3.05, 3.63) is 0 Å². The van der Waals surface area contributed by atoms with E-state index in [0.717, 1.165) is 0 Å². The van der Waals surface area contributed by atoms with Gasteiger partial charge in [-0.1, -0.05) is 0 Å². The fourth-order valence-electron chi connectivity index (χ4n) is 0. The molecular formula is CH2O3Pb+2. The Morgan fingerprint density at radius 1 is 1.40 bits per heavy atom. The van der Waals surface area contributed by atoms with Crippen molar-refractivity contribution in [2.75, 3.05) is 0 Å². The molecular weight excluding hydrogens is 267 g/mol. The standard InChI is InChI=1S/CH2O3.Pb/c2-1(3)4;/h(H2,2,3,4);/q;+2. The average Bonchev–Trinajstić information content (AvgIpc) is 0.811. The van der Waals surface area contributed by atoms with E-state index in [0.29, 0.717) is 0 Å². The van der Waals surface area contributed by atoms with Gasteiger partial charge < -0.3 is 10.2 Å². The van der Waals surface area contributed by atoms with Crippen LogP contribution in [0, 0.1) is 0 Å². The first-order chi connectivity index (χ1) is 1.73. The molecule has 0 fully saturated rings. The molecule has 0 aliphatic carbocycles. The summed E-state index contributed by atoms with van der Waals surface area (Å²) in [4.78, 5) is 8.56. The van der Waals surface area contributed by atoms with E-state index in [1.165, 1.54) is 0 Å². The Morgan fingerprint density at radius 3 is 1.40 bits per heavy atom. The van der Waals surface area contributed by atoms with Crippen molar-refractivity contribution in [3.8, 4) is 0 Å². The average molecular weight is 269 g/mol. The molecule has 5 heavy (non-hydrogen) atoms. The second kappa shape index (κ2) is 4.19. The Kier molecular flexibility index (Phi) is 7.51. The van der Waals surface area contributed by atoms with E-state index in [4.69, 9.17) is 15.0 Å². The zero-order valence-corrected chi connectivity index (χ0v) is 6.19. The first-order valence-corrected chi connectivity index (χ1v) is 0.651. The Hall–Kier alpha value is 0.192. The molecule has 0 aromatic heterocycles. The molecule has 0 rings (SSSR count). The van der Waals surface area contributed by atoms with Crippen molar-refractivity contribution in [1.82, 2.24) is 0 Å². The van der Waals surface area contributed by atoms with Crippen molar-refractivity contribution >= 4 is 33.5 Å². The van der Waals surface area contributed by atoms with Gasteiger partial charge in [0.2, 0.25) is 0 Å². The van der Waals surface area contributed by atoms with Crippen LogP contribution in [0.3, 0.4) is 0 Å². The van der Waals surface area contributed by atoms with Crippen LogP contribution < -0.4 is 0 Å². The summed E-state index contributed by atoms with van der Waals surface area (Å²) < 4.78 is 0. The van der Waals surface area contributed by atoms with E-state index in [1.807, 2.05) is 0 Å². The van der Waals surface area contributed by atoms with Crippen molar-refractivity contribution in [2.24, 2.45) is 0 Å². The molecule has 0 saturated heterocycles. The van der Waals surface area contributed by atoms with Crippen LogP contribution in [0.4, 0.5) is 4.79 Å². The fourth-order valence-corrected chi connectivity index (χ4v) is 0. The minimum atomic E-state index is -1.83. The maximum Gasteiger partial charge on any atom is 2.00 e. The number of carbonyl (C=O) groups is 1. The molecule has 0 aliphatic heterocycles. The fraction of sp³-hybridized carbons (Fsp3) is 0. The molecule has 0 aliphatic rings. The maximum absolute atomic E-state index is 8.56. The van der Waals surface area contributed by atoms with Crippen LogP contribution in [-0.2, 0) is 0 Å². The van der Waals surface area contributed by atoms with E-state index in [1.54, 1.807) is 0 Å². The molecule has 4 heteroatoms. The molecule has 26 valence electrons. The van der Waals surface area contributed by atoms with Crippen LogP contribution in [0.5, 0.6) is 0 Å². The molecule has 0 atom stereocenters. The third-order valence-corrected chi connectivity index (χ3v) is 0. The van der Waals surface area contributed by atoms with Gasteiger partial charge >= 0.3 is 33.5 Å². The molecule has 0 aromatic rings. The monoisotopic (exact) mass is 270 g/mol. The largest absolute Gasteiger partial charge is 2.00 e. The van der Waals surface area contributed by atoms with Crippen LogP contribution in [0.25, 0.3) is 0 Å². The van der Waals surface area contributed by atoms with Crippen LogP contribution in [0.1, 0.15) is 0 Å². The summed E-state index contributed by atoms with van der Waals surface area (Å²) in [6.07, 6.45) is -1.83. The molecule has 0 bridgehead atoms. The second-order valence-corrected chi connectivity index (χ2v) is 0.283. The van der Waals surface area contributed by atoms with Gasteiger partial charge in [0.05, 0.1) is 0 Å². The third-order valence-electron chi connectivity index (χ3n) is 0. The number of hydrogen-bond acceptors (Lipinski definition) is 1. The van der Waals surface area contributed by atoms with Gasteiger partial charge in [-0.25, -0.2) is 4.79 Å². The van der Waals surface area contributed by atoms with E-state index >= 15 is 0 Å². The van der Waals surface area contributed by atoms with Crippen molar-refractivity contribution in [2.45, 2.75) is 0 Å². The maximum atomic E-state index is 8.56. The number of carboxylic acid groups (broad SMARTS) is 2. The number of hydrogen-bond donors (Lipinski definition) is 2. The van der Waals surface area contributed by atoms with Gasteiger partial charge in [-0.3, -0.25) is 0 Å². The van der Waals surface area contributed by atoms with E-state index < -0.39 is 6.16 Å². The van der Waals surface area contributed by atoms with Gasteiger partial charge in [0.1, 0.15) is 0 Å². The topological polar surface area (TPSA) is 57.5 Å². The Balaban J connectivity index is 0. The molecule has 0 aromatic carbocycles. The normalized spacial score (nSPS) is 4.80. The summed E-state index contributed by atoms with van der Waals surface area (Å²) in [5.41, 5.74) is 0. The van der Waals surface area contributed by atoms with Crippen molar-refractivity contribution in [1.29, 1.82) is 0 Å². The predicted octanol–water partition coefficient (Wildman–Crippen LogP) is -0.158. The van der Waals surface area contributed by atoms with Crippen LogP contribution in [0.2, 0.25) is 0 Å². The van der Waals surface area contributed by atoms with Gasteiger partial charge in [-0.05, 0) is 0 Å². The molecule has 3 nitrogen and oxygen atoms in total. The van der Waals surface area contributed by atoms with Crippen molar-refractivity contribution < 1.29 is 15.0 Å².